The molecule has 1 amide bonds. The van der Waals surface area contributed by atoms with Crippen LogP contribution < -0.4 is 10.1 Å². The summed E-state index contributed by atoms with van der Waals surface area (Å²) in [6, 6.07) is 14.1. The van der Waals surface area contributed by atoms with Gasteiger partial charge in [0.05, 0.1) is 5.69 Å². The number of hydrogen-bond acceptors (Lipinski definition) is 2. The Bertz CT molecular complexity index is 689. The van der Waals surface area contributed by atoms with Gasteiger partial charge in [0, 0.05) is 0 Å². The average molecular weight is 265 g/mol. The van der Waals surface area contributed by atoms with Gasteiger partial charge in [0.15, 0.2) is 6.61 Å². The van der Waals surface area contributed by atoms with Crippen molar-refractivity contribution in [3.8, 4) is 5.75 Å². The number of benzene rings is 2. The van der Waals surface area contributed by atoms with Crippen LogP contribution in [-0.4, -0.2) is 12.5 Å². The highest BCUT2D eigenvalue weighted by molar-refractivity contribution is 5.95. The molecule has 0 fully saturated rings. The van der Waals surface area contributed by atoms with Crippen molar-refractivity contribution < 1.29 is 9.53 Å². The standard InChI is InChI=1S/C17H15NO2/c1-12-3-2-4-13(9-12)5-6-14-7-8-16-15(10-14)18-17(19)11-20-16/h2-10H,11H2,1H3,(H,18,19). The van der Waals surface area contributed by atoms with Crippen molar-refractivity contribution in [2.45, 2.75) is 6.92 Å². The van der Waals surface area contributed by atoms with Gasteiger partial charge in [-0.3, -0.25) is 4.79 Å². The lowest BCUT2D eigenvalue weighted by atomic mass is 10.1. The van der Waals surface area contributed by atoms with Crippen LogP contribution in [0.3, 0.4) is 0 Å². The van der Waals surface area contributed by atoms with E-state index in [1.165, 1.54) is 5.56 Å². The molecule has 0 aliphatic carbocycles. The zero-order chi connectivity index (χ0) is 13.9. The second-order valence-corrected chi connectivity index (χ2v) is 4.84. The van der Waals surface area contributed by atoms with E-state index in [9.17, 15) is 4.79 Å². The lowest BCUT2D eigenvalue weighted by Gasteiger charge is -2.17. The Kier molecular flexibility index (Phi) is 3.25. The molecule has 3 heteroatoms. The zero-order valence-corrected chi connectivity index (χ0v) is 11.2. The van der Waals surface area contributed by atoms with Crippen molar-refractivity contribution in [3.63, 3.8) is 0 Å². The quantitative estimate of drug-likeness (QED) is 0.844. The lowest BCUT2D eigenvalue weighted by molar-refractivity contribution is -0.118. The number of fused-ring (bicyclic) bond motifs is 1. The third kappa shape index (κ3) is 2.72. The van der Waals surface area contributed by atoms with Crippen LogP contribution in [0.25, 0.3) is 12.2 Å². The van der Waals surface area contributed by atoms with Crippen LogP contribution in [0.4, 0.5) is 5.69 Å². The van der Waals surface area contributed by atoms with Gasteiger partial charge in [-0.25, -0.2) is 0 Å². The molecule has 0 saturated heterocycles. The third-order valence-corrected chi connectivity index (χ3v) is 3.15. The molecular weight excluding hydrogens is 250 g/mol. The molecule has 0 atom stereocenters. The van der Waals surface area contributed by atoms with Gasteiger partial charge in [0.2, 0.25) is 0 Å². The summed E-state index contributed by atoms with van der Waals surface area (Å²) in [5, 5.41) is 2.81. The molecule has 1 heterocycles. The maximum Gasteiger partial charge on any atom is 0.262 e. The second kappa shape index (κ2) is 5.21. The SMILES string of the molecule is Cc1cccc(C=Cc2ccc3c(c2)NC(=O)CO3)c1. The number of aryl methyl sites for hydroxylation is 1. The van der Waals surface area contributed by atoms with Gasteiger partial charge in [-0.1, -0.05) is 48.0 Å². The van der Waals surface area contributed by atoms with E-state index >= 15 is 0 Å². The van der Waals surface area contributed by atoms with E-state index < -0.39 is 0 Å². The topological polar surface area (TPSA) is 38.3 Å². The average Bonchev–Trinajstić information content (AvgIpc) is 2.45. The second-order valence-electron chi connectivity index (χ2n) is 4.84. The number of amides is 1. The van der Waals surface area contributed by atoms with E-state index in [2.05, 4.69) is 36.5 Å². The molecule has 1 N–H and O–H groups in total. The maximum absolute atomic E-state index is 11.3. The van der Waals surface area contributed by atoms with Crippen molar-refractivity contribution in [1.29, 1.82) is 0 Å². The molecule has 3 nitrogen and oxygen atoms in total. The highest BCUT2D eigenvalue weighted by atomic mass is 16.5. The lowest BCUT2D eigenvalue weighted by Crippen LogP contribution is -2.25. The fourth-order valence-corrected chi connectivity index (χ4v) is 2.17. The monoisotopic (exact) mass is 265 g/mol. The molecule has 2 aromatic carbocycles. The summed E-state index contributed by atoms with van der Waals surface area (Å²) in [6.07, 6.45) is 4.08. The molecular formula is C17H15NO2. The first-order valence-corrected chi connectivity index (χ1v) is 6.52. The van der Waals surface area contributed by atoms with Gasteiger partial charge >= 0.3 is 0 Å². The summed E-state index contributed by atoms with van der Waals surface area (Å²) in [4.78, 5) is 11.3. The number of hydrogen-bond donors (Lipinski definition) is 1. The van der Waals surface area contributed by atoms with Crippen LogP contribution in [0.2, 0.25) is 0 Å². The zero-order valence-electron chi connectivity index (χ0n) is 11.2. The Labute approximate surface area is 117 Å². The number of carbonyl (C=O) groups is 1. The van der Waals surface area contributed by atoms with E-state index in [-0.39, 0.29) is 12.5 Å². The smallest absolute Gasteiger partial charge is 0.262 e. The van der Waals surface area contributed by atoms with Gasteiger partial charge in [0.1, 0.15) is 5.75 Å². The van der Waals surface area contributed by atoms with Crippen molar-refractivity contribution in [2.24, 2.45) is 0 Å². The molecule has 100 valence electrons. The van der Waals surface area contributed by atoms with Crippen LogP contribution in [0.1, 0.15) is 16.7 Å². The predicted octanol–water partition coefficient (Wildman–Crippen LogP) is 3.50. The molecule has 0 bridgehead atoms. The molecule has 20 heavy (non-hydrogen) atoms. The fourth-order valence-electron chi connectivity index (χ4n) is 2.17. The highest BCUT2D eigenvalue weighted by Gasteiger charge is 2.15. The van der Waals surface area contributed by atoms with E-state index in [1.54, 1.807) is 0 Å². The van der Waals surface area contributed by atoms with Crippen LogP contribution in [0.15, 0.2) is 42.5 Å². The molecule has 1 aliphatic rings. The molecule has 0 aromatic heterocycles. The Morgan fingerprint density at radius 3 is 2.70 bits per heavy atom. The van der Waals surface area contributed by atoms with Crippen LogP contribution >= 0.6 is 0 Å². The number of carbonyl (C=O) groups excluding carboxylic acids is 1. The van der Waals surface area contributed by atoms with E-state index in [0.29, 0.717) is 0 Å². The van der Waals surface area contributed by atoms with Gasteiger partial charge in [0.25, 0.3) is 5.91 Å². The largest absolute Gasteiger partial charge is 0.482 e. The Balaban J connectivity index is 1.84. The van der Waals surface area contributed by atoms with Crippen molar-refractivity contribution in [1.82, 2.24) is 0 Å². The molecule has 0 spiro atoms. The fraction of sp³-hybridized carbons (Fsp3) is 0.118. The maximum atomic E-state index is 11.3. The Morgan fingerprint density at radius 2 is 1.90 bits per heavy atom. The molecule has 2 aromatic rings. The summed E-state index contributed by atoms with van der Waals surface area (Å²) >= 11 is 0. The summed E-state index contributed by atoms with van der Waals surface area (Å²) in [6.45, 7) is 2.16. The first-order chi connectivity index (χ1) is 9.70. The van der Waals surface area contributed by atoms with Gasteiger partial charge in [-0.2, -0.15) is 0 Å². The van der Waals surface area contributed by atoms with E-state index in [4.69, 9.17) is 4.74 Å². The minimum absolute atomic E-state index is 0.0888. The molecule has 0 radical (unpaired) electrons. The number of ether oxygens (including phenoxy) is 1. The minimum Gasteiger partial charge on any atom is -0.482 e. The normalized spacial score (nSPS) is 13.8. The summed E-state index contributed by atoms with van der Waals surface area (Å²) in [5.74, 6) is 0.606. The van der Waals surface area contributed by atoms with Crippen molar-refractivity contribution in [2.75, 3.05) is 11.9 Å². The number of rotatable bonds is 2. The summed E-state index contributed by atoms with van der Waals surface area (Å²) in [5.41, 5.74) is 4.14. The van der Waals surface area contributed by atoms with Crippen molar-refractivity contribution in [3.05, 3.63) is 59.2 Å². The summed E-state index contributed by atoms with van der Waals surface area (Å²) in [7, 11) is 0. The van der Waals surface area contributed by atoms with Gasteiger partial charge in [-0.15, -0.1) is 0 Å². The first kappa shape index (κ1) is 12.5. The van der Waals surface area contributed by atoms with Crippen LogP contribution in [-0.2, 0) is 4.79 Å². The summed E-state index contributed by atoms with van der Waals surface area (Å²) < 4.78 is 5.33. The van der Waals surface area contributed by atoms with Crippen LogP contribution in [0.5, 0.6) is 5.75 Å². The predicted molar refractivity (Wildman–Crippen MR) is 80.7 cm³/mol. The van der Waals surface area contributed by atoms with Crippen LogP contribution in [0, 0.1) is 6.92 Å². The molecule has 3 rings (SSSR count). The highest BCUT2D eigenvalue weighted by Crippen LogP contribution is 2.29. The minimum atomic E-state index is -0.114. The first-order valence-electron chi connectivity index (χ1n) is 6.52. The Morgan fingerprint density at radius 1 is 1.10 bits per heavy atom. The number of anilines is 1. The molecule has 0 saturated carbocycles. The Hall–Kier alpha value is -2.55. The molecule has 1 aliphatic heterocycles. The van der Waals surface area contributed by atoms with E-state index in [1.807, 2.05) is 30.3 Å². The van der Waals surface area contributed by atoms with Gasteiger partial charge in [-0.05, 0) is 30.2 Å². The third-order valence-electron chi connectivity index (χ3n) is 3.15. The number of nitrogens with one attached hydrogen (secondary N) is 1. The van der Waals surface area contributed by atoms with E-state index in [0.717, 1.165) is 22.6 Å². The molecule has 0 unspecified atom stereocenters. The van der Waals surface area contributed by atoms with Crippen molar-refractivity contribution >= 4 is 23.7 Å². The van der Waals surface area contributed by atoms with Gasteiger partial charge < -0.3 is 10.1 Å².